The van der Waals surface area contributed by atoms with Crippen molar-refractivity contribution in [3.05, 3.63) is 95.6 Å². The number of ether oxygens (including phenoxy) is 1. The summed E-state index contributed by atoms with van der Waals surface area (Å²) in [6, 6.07) is 21.2. The normalized spacial score (nSPS) is 18.0. The Morgan fingerprint density at radius 1 is 1.15 bits per heavy atom. The highest BCUT2D eigenvalue weighted by molar-refractivity contribution is 5.90. The van der Waals surface area contributed by atoms with Crippen LogP contribution in [0.15, 0.2) is 72.9 Å². The van der Waals surface area contributed by atoms with E-state index in [0.29, 0.717) is 17.8 Å². The van der Waals surface area contributed by atoms with Crippen LogP contribution in [0.5, 0.6) is 0 Å². The van der Waals surface area contributed by atoms with Crippen molar-refractivity contribution in [3.8, 4) is 11.1 Å². The zero-order chi connectivity index (χ0) is 28.3. The van der Waals surface area contributed by atoms with Gasteiger partial charge in [-0.15, -0.1) is 5.10 Å². The predicted molar refractivity (Wildman–Crippen MR) is 153 cm³/mol. The minimum Gasteiger partial charge on any atom is -0.442 e. The first-order valence-corrected chi connectivity index (χ1v) is 13.8. The largest absolute Gasteiger partial charge is 0.442 e. The second-order valence-electron chi connectivity index (χ2n) is 10.5. The van der Waals surface area contributed by atoms with Crippen molar-refractivity contribution in [2.24, 2.45) is 0 Å². The van der Waals surface area contributed by atoms with Gasteiger partial charge in [-0.05, 0) is 59.9 Å². The predicted octanol–water partition coefficient (Wildman–Crippen LogP) is 4.56. The van der Waals surface area contributed by atoms with Gasteiger partial charge in [0.1, 0.15) is 11.9 Å². The summed E-state index contributed by atoms with van der Waals surface area (Å²) < 4.78 is 22.6. The lowest BCUT2D eigenvalue weighted by Crippen LogP contribution is -2.33. The Hall–Kier alpha value is -4.73. The van der Waals surface area contributed by atoms with Crippen LogP contribution in [0.2, 0.25) is 0 Å². The molecular formula is C31H31FN6O3. The number of rotatable bonds is 8. The number of fused-ring (bicyclic) bond motifs is 1. The summed E-state index contributed by atoms with van der Waals surface area (Å²) in [5.41, 5.74) is 6.13. The van der Waals surface area contributed by atoms with E-state index in [1.54, 1.807) is 12.1 Å². The van der Waals surface area contributed by atoms with Gasteiger partial charge in [0.05, 0.1) is 37.2 Å². The summed E-state index contributed by atoms with van der Waals surface area (Å²) in [4.78, 5) is 24.9. The quantitative estimate of drug-likeness (QED) is 0.331. The van der Waals surface area contributed by atoms with Crippen molar-refractivity contribution in [3.63, 3.8) is 0 Å². The number of nitrogens with zero attached hydrogens (tertiary/aromatic N) is 4. The molecule has 0 spiro atoms. The molecule has 0 saturated carbocycles. The van der Waals surface area contributed by atoms with Crippen molar-refractivity contribution < 1.29 is 18.7 Å². The standard InChI is InChI=1S/C31H31FN6O3/c1-20(39)33-17-27-19-37(31(40)41-27)25-10-11-28(29(32)15-25)22-8-12-30-23(13-22)7-9-24(35-30)14-26-16-34-36-38(26)18-21-5-3-2-4-6-21/h2-6,8,10-13,15-16,24,27,35H,7,9,14,17-19H2,1H3,(H,33,39). The number of hydrogen-bond acceptors (Lipinski definition) is 6. The lowest BCUT2D eigenvalue weighted by atomic mass is 9.92. The van der Waals surface area contributed by atoms with Crippen molar-refractivity contribution in [1.82, 2.24) is 20.3 Å². The highest BCUT2D eigenvalue weighted by Crippen LogP contribution is 2.34. The molecule has 2 unspecified atom stereocenters. The molecule has 2 aliphatic rings. The van der Waals surface area contributed by atoms with Crippen molar-refractivity contribution in [2.75, 3.05) is 23.3 Å². The van der Waals surface area contributed by atoms with Crippen LogP contribution in [0, 0.1) is 5.82 Å². The smallest absolute Gasteiger partial charge is 0.414 e. The molecule has 0 bridgehead atoms. The molecule has 10 heteroatoms. The van der Waals surface area contributed by atoms with E-state index in [1.165, 1.54) is 23.5 Å². The van der Waals surface area contributed by atoms with Gasteiger partial charge in [-0.2, -0.15) is 0 Å². The van der Waals surface area contributed by atoms with Gasteiger partial charge in [-0.1, -0.05) is 41.6 Å². The van der Waals surface area contributed by atoms with E-state index in [-0.39, 0.29) is 25.0 Å². The van der Waals surface area contributed by atoms with Gasteiger partial charge in [-0.3, -0.25) is 9.69 Å². The zero-order valence-electron chi connectivity index (χ0n) is 22.7. The third-order valence-electron chi connectivity index (χ3n) is 7.58. The average Bonchev–Trinajstić information content (AvgIpc) is 3.57. The summed E-state index contributed by atoms with van der Waals surface area (Å²) in [7, 11) is 0. The van der Waals surface area contributed by atoms with E-state index < -0.39 is 18.0 Å². The van der Waals surface area contributed by atoms with Crippen LogP contribution < -0.4 is 15.5 Å². The molecule has 2 N–H and O–H groups in total. The third kappa shape index (κ3) is 5.91. The second kappa shape index (κ2) is 11.4. The topological polar surface area (TPSA) is 101 Å². The first-order valence-electron chi connectivity index (χ1n) is 13.8. The number of anilines is 2. The highest BCUT2D eigenvalue weighted by Gasteiger charge is 2.33. The molecule has 3 aromatic carbocycles. The van der Waals surface area contributed by atoms with Gasteiger partial charge in [-0.25, -0.2) is 13.9 Å². The van der Waals surface area contributed by atoms with Gasteiger partial charge in [0.2, 0.25) is 5.91 Å². The molecule has 41 heavy (non-hydrogen) atoms. The van der Waals surface area contributed by atoms with Gasteiger partial charge in [0, 0.05) is 30.6 Å². The number of benzene rings is 3. The summed E-state index contributed by atoms with van der Waals surface area (Å²) >= 11 is 0. The maximum absolute atomic E-state index is 15.3. The van der Waals surface area contributed by atoms with Crippen LogP contribution in [-0.4, -0.2) is 52.2 Å². The number of aromatic nitrogens is 3. The van der Waals surface area contributed by atoms with E-state index in [4.69, 9.17) is 4.74 Å². The summed E-state index contributed by atoms with van der Waals surface area (Å²) in [6.07, 6.45) is 3.41. The van der Waals surface area contributed by atoms with Gasteiger partial charge >= 0.3 is 6.09 Å². The third-order valence-corrected chi connectivity index (χ3v) is 7.58. The fourth-order valence-corrected chi connectivity index (χ4v) is 5.47. The fraction of sp³-hybridized carbons (Fsp3) is 0.290. The number of cyclic esters (lactones) is 1. The van der Waals surface area contributed by atoms with Gasteiger partial charge < -0.3 is 15.4 Å². The molecule has 210 valence electrons. The molecular weight excluding hydrogens is 523 g/mol. The van der Waals surface area contributed by atoms with Crippen LogP contribution in [0.1, 0.15) is 30.2 Å². The minimum atomic E-state index is -0.555. The molecule has 0 aliphatic carbocycles. The van der Waals surface area contributed by atoms with E-state index in [0.717, 1.165) is 41.8 Å². The van der Waals surface area contributed by atoms with Gasteiger partial charge in [0.25, 0.3) is 0 Å². The number of nitrogens with one attached hydrogen (secondary N) is 2. The number of carbonyl (C=O) groups excluding carboxylic acids is 2. The Balaban J connectivity index is 1.11. The minimum absolute atomic E-state index is 0.200. The molecule has 1 saturated heterocycles. The molecule has 2 amide bonds. The highest BCUT2D eigenvalue weighted by atomic mass is 19.1. The monoisotopic (exact) mass is 554 g/mol. The molecule has 1 aromatic heterocycles. The number of hydrogen-bond donors (Lipinski definition) is 2. The number of aryl methyl sites for hydroxylation is 1. The molecule has 0 radical (unpaired) electrons. The van der Waals surface area contributed by atoms with Crippen LogP contribution in [0.3, 0.4) is 0 Å². The maximum Gasteiger partial charge on any atom is 0.414 e. The number of halogens is 1. The van der Waals surface area contributed by atoms with Gasteiger partial charge in [0.15, 0.2) is 0 Å². The summed E-state index contributed by atoms with van der Waals surface area (Å²) in [6.45, 7) is 2.55. The first kappa shape index (κ1) is 26.5. The summed E-state index contributed by atoms with van der Waals surface area (Å²) in [5, 5.41) is 14.7. The molecule has 2 aliphatic heterocycles. The van der Waals surface area contributed by atoms with Crippen molar-refractivity contribution >= 4 is 23.4 Å². The SMILES string of the molecule is CC(=O)NCC1CN(c2ccc(-c3ccc4c(c3)CCC(Cc3cnnn3Cc3ccccc3)N4)c(F)c2)C(=O)O1. The lowest BCUT2D eigenvalue weighted by Gasteiger charge is -2.27. The van der Waals surface area contributed by atoms with Crippen LogP contribution >= 0.6 is 0 Å². The Labute approximate surface area is 237 Å². The maximum atomic E-state index is 15.3. The first-order chi connectivity index (χ1) is 19.9. The Kier molecular flexibility index (Phi) is 7.37. The van der Waals surface area contributed by atoms with Crippen LogP contribution in [0.4, 0.5) is 20.6 Å². The van der Waals surface area contributed by atoms with E-state index in [9.17, 15) is 9.59 Å². The Bertz CT molecular complexity index is 1570. The molecule has 1 fully saturated rings. The number of carbonyl (C=O) groups is 2. The Morgan fingerprint density at radius 2 is 2.00 bits per heavy atom. The number of amides is 2. The molecule has 3 heterocycles. The van der Waals surface area contributed by atoms with E-state index in [2.05, 4.69) is 33.1 Å². The second-order valence-corrected chi connectivity index (χ2v) is 10.5. The zero-order valence-corrected chi connectivity index (χ0v) is 22.7. The van der Waals surface area contributed by atoms with Crippen molar-refractivity contribution in [2.45, 2.75) is 44.9 Å². The molecule has 2 atom stereocenters. The summed E-state index contributed by atoms with van der Waals surface area (Å²) in [5.74, 6) is -0.615. The van der Waals surface area contributed by atoms with Crippen molar-refractivity contribution in [1.29, 1.82) is 0 Å². The molecule has 4 aromatic rings. The van der Waals surface area contributed by atoms with E-state index >= 15 is 4.39 Å². The Morgan fingerprint density at radius 3 is 2.80 bits per heavy atom. The van der Waals surface area contributed by atoms with Crippen LogP contribution in [-0.2, 0) is 28.9 Å². The fourth-order valence-electron chi connectivity index (χ4n) is 5.47. The average molecular weight is 555 g/mol. The molecule has 6 rings (SSSR count). The lowest BCUT2D eigenvalue weighted by molar-refractivity contribution is -0.119. The van der Waals surface area contributed by atoms with Crippen LogP contribution in [0.25, 0.3) is 11.1 Å². The van der Waals surface area contributed by atoms with E-state index in [1.807, 2.05) is 47.3 Å². The molecule has 9 nitrogen and oxygen atoms in total.